The van der Waals surface area contributed by atoms with Crippen molar-refractivity contribution in [1.82, 2.24) is 10.6 Å². The number of rotatable bonds is 10. The van der Waals surface area contributed by atoms with Crippen LogP contribution in [-0.4, -0.2) is 42.6 Å². The Kier molecular flexibility index (Phi) is 9.64. The van der Waals surface area contributed by atoms with E-state index in [9.17, 15) is 14.4 Å². The molecule has 0 aromatic heterocycles. The first-order valence-electron chi connectivity index (χ1n) is 11.6. The lowest BCUT2D eigenvalue weighted by Gasteiger charge is -2.17. The number of hydrogen-bond donors (Lipinski definition) is 3. The monoisotopic (exact) mass is 474 g/mol. The molecule has 0 heterocycles. The summed E-state index contributed by atoms with van der Waals surface area (Å²) in [7, 11) is 1.24. The molecule has 7 nitrogen and oxygen atoms in total. The summed E-state index contributed by atoms with van der Waals surface area (Å²) in [6.07, 6.45) is 7.22. The Morgan fingerprint density at radius 3 is 2.46 bits per heavy atom. The third kappa shape index (κ3) is 8.76. The van der Waals surface area contributed by atoms with E-state index < -0.39 is 17.9 Å². The van der Waals surface area contributed by atoms with Gasteiger partial charge in [-0.2, -0.15) is 0 Å². The second-order valence-corrected chi connectivity index (χ2v) is 8.42. The van der Waals surface area contributed by atoms with Crippen molar-refractivity contribution in [2.24, 2.45) is 5.92 Å². The number of esters is 1. The second kappa shape index (κ2) is 13.1. The third-order valence-corrected chi connectivity index (χ3v) is 5.66. The number of benzene rings is 2. The molecule has 1 saturated carbocycles. The van der Waals surface area contributed by atoms with Gasteiger partial charge in [0.25, 0.3) is 5.91 Å². The van der Waals surface area contributed by atoms with Gasteiger partial charge in [-0.05, 0) is 59.9 Å². The number of nitrogens with one attached hydrogen (secondary N) is 2. The molecule has 1 aliphatic rings. The average molecular weight is 475 g/mol. The number of ether oxygens (including phenoxy) is 1. The molecule has 2 aromatic rings. The van der Waals surface area contributed by atoms with Gasteiger partial charge >= 0.3 is 5.97 Å². The topological polar surface area (TPSA) is 105 Å². The molecule has 1 atom stereocenters. The summed E-state index contributed by atoms with van der Waals surface area (Å²) in [6.45, 7) is -0.0153. The van der Waals surface area contributed by atoms with Gasteiger partial charge < -0.3 is 20.5 Å². The van der Waals surface area contributed by atoms with Crippen LogP contribution in [0.3, 0.4) is 0 Å². The van der Waals surface area contributed by atoms with Crippen LogP contribution in [0, 0.1) is 17.8 Å². The smallest absolute Gasteiger partial charge is 0.330 e. The van der Waals surface area contributed by atoms with E-state index >= 15 is 0 Å². The first-order valence-corrected chi connectivity index (χ1v) is 11.6. The van der Waals surface area contributed by atoms with Gasteiger partial charge in [0.1, 0.15) is 6.04 Å². The van der Waals surface area contributed by atoms with Crippen LogP contribution >= 0.6 is 0 Å². The van der Waals surface area contributed by atoms with Crippen LogP contribution in [0.4, 0.5) is 0 Å². The summed E-state index contributed by atoms with van der Waals surface area (Å²) < 4.78 is 4.77. The van der Waals surface area contributed by atoms with Crippen molar-refractivity contribution < 1.29 is 24.2 Å². The number of carbonyl (C=O) groups is 3. The molecule has 0 unspecified atom stereocenters. The fraction of sp³-hybridized carbons (Fsp3) is 0.321. The zero-order chi connectivity index (χ0) is 25.0. The van der Waals surface area contributed by atoms with Gasteiger partial charge in [0.05, 0.1) is 13.7 Å². The molecule has 1 fully saturated rings. The lowest BCUT2D eigenvalue weighted by Crippen LogP contribution is -2.49. The molecule has 35 heavy (non-hydrogen) atoms. The molecule has 2 amide bonds. The summed E-state index contributed by atoms with van der Waals surface area (Å²) in [4.78, 5) is 36.7. The molecule has 0 aliphatic heterocycles. The van der Waals surface area contributed by atoms with Gasteiger partial charge in [0.2, 0.25) is 5.91 Å². The van der Waals surface area contributed by atoms with Gasteiger partial charge in [-0.25, -0.2) is 4.79 Å². The number of methoxy groups -OCH3 is 1. The molecule has 0 radical (unpaired) electrons. The number of amides is 2. The van der Waals surface area contributed by atoms with E-state index in [4.69, 9.17) is 9.84 Å². The predicted octanol–water partition coefficient (Wildman–Crippen LogP) is 2.82. The van der Waals surface area contributed by atoms with Crippen molar-refractivity contribution in [3.8, 4) is 11.8 Å². The van der Waals surface area contributed by atoms with Crippen LogP contribution in [0.5, 0.6) is 0 Å². The average Bonchev–Trinajstić information content (AvgIpc) is 3.72. The lowest BCUT2D eigenvalue weighted by atomic mass is 10.1. The highest BCUT2D eigenvalue weighted by atomic mass is 16.5. The lowest BCUT2D eigenvalue weighted by molar-refractivity contribution is -0.142. The third-order valence-electron chi connectivity index (χ3n) is 5.66. The van der Waals surface area contributed by atoms with Crippen molar-refractivity contribution in [2.45, 2.75) is 38.3 Å². The van der Waals surface area contributed by atoms with E-state index in [1.807, 2.05) is 30.3 Å². The molecule has 0 saturated heterocycles. The largest absolute Gasteiger partial charge is 0.467 e. The van der Waals surface area contributed by atoms with Crippen LogP contribution in [0.1, 0.15) is 52.7 Å². The van der Waals surface area contributed by atoms with Crippen molar-refractivity contribution in [1.29, 1.82) is 0 Å². The van der Waals surface area contributed by atoms with Crippen LogP contribution in [0.15, 0.2) is 54.6 Å². The molecule has 3 N–H and O–H groups in total. The van der Waals surface area contributed by atoms with Gasteiger partial charge in [-0.15, -0.1) is 0 Å². The number of aliphatic hydroxyl groups excluding tert-OH is 1. The highest BCUT2D eigenvalue weighted by Crippen LogP contribution is 2.33. The molecule has 1 aliphatic carbocycles. The highest BCUT2D eigenvalue weighted by molar-refractivity contribution is 5.97. The van der Waals surface area contributed by atoms with Crippen LogP contribution < -0.4 is 10.6 Å². The van der Waals surface area contributed by atoms with Gasteiger partial charge in [-0.3, -0.25) is 9.59 Å². The van der Waals surface area contributed by atoms with Crippen molar-refractivity contribution >= 4 is 23.9 Å². The van der Waals surface area contributed by atoms with E-state index in [-0.39, 0.29) is 19.1 Å². The summed E-state index contributed by atoms with van der Waals surface area (Å²) in [5, 5.41) is 14.4. The first-order chi connectivity index (χ1) is 17.0. The summed E-state index contributed by atoms with van der Waals surface area (Å²) >= 11 is 0. The fourth-order valence-electron chi connectivity index (χ4n) is 3.33. The van der Waals surface area contributed by atoms with Crippen LogP contribution in [0.25, 0.3) is 6.08 Å². The maximum Gasteiger partial charge on any atom is 0.330 e. The maximum atomic E-state index is 12.6. The van der Waals surface area contributed by atoms with Gasteiger partial charge in [0, 0.05) is 24.1 Å². The SMILES string of the molecule is COC(=O)[C@H](CNC(=O)CCC1CC1)NC(=O)c1ccc(C#C/C=C/c2ccc(CO)cc2)cc1. The number of aliphatic hydroxyl groups is 1. The Labute approximate surface area is 205 Å². The van der Waals surface area contributed by atoms with E-state index in [0.29, 0.717) is 17.9 Å². The Hall–Kier alpha value is -3.89. The molecule has 0 spiro atoms. The molecule has 2 aromatic carbocycles. The molecule has 7 heteroatoms. The molecular formula is C28H30N2O5. The molecule has 0 bridgehead atoms. The van der Waals surface area contributed by atoms with E-state index in [0.717, 1.165) is 23.1 Å². The zero-order valence-corrected chi connectivity index (χ0v) is 19.8. The molecule has 182 valence electrons. The Balaban J connectivity index is 1.52. The maximum absolute atomic E-state index is 12.6. The van der Waals surface area contributed by atoms with E-state index in [1.54, 1.807) is 30.3 Å². The van der Waals surface area contributed by atoms with Crippen molar-refractivity contribution in [3.05, 3.63) is 76.9 Å². The van der Waals surface area contributed by atoms with Crippen molar-refractivity contribution in [3.63, 3.8) is 0 Å². The highest BCUT2D eigenvalue weighted by Gasteiger charge is 2.24. The Morgan fingerprint density at radius 2 is 1.83 bits per heavy atom. The van der Waals surface area contributed by atoms with Gasteiger partial charge in [0.15, 0.2) is 0 Å². The van der Waals surface area contributed by atoms with Crippen LogP contribution in [0.2, 0.25) is 0 Å². The fourth-order valence-corrected chi connectivity index (χ4v) is 3.33. The van der Waals surface area contributed by atoms with E-state index in [1.165, 1.54) is 20.0 Å². The van der Waals surface area contributed by atoms with Gasteiger partial charge in [-0.1, -0.05) is 48.9 Å². The predicted molar refractivity (Wildman–Crippen MR) is 133 cm³/mol. The zero-order valence-electron chi connectivity index (χ0n) is 19.8. The number of hydrogen-bond acceptors (Lipinski definition) is 5. The van der Waals surface area contributed by atoms with Crippen LogP contribution in [-0.2, 0) is 20.9 Å². The minimum absolute atomic E-state index is 0.0120. The Bertz CT molecular complexity index is 1110. The first kappa shape index (κ1) is 25.7. The Morgan fingerprint density at radius 1 is 1.11 bits per heavy atom. The number of carbonyl (C=O) groups excluding carboxylic acids is 3. The normalized spacial score (nSPS) is 13.4. The summed E-state index contributed by atoms with van der Waals surface area (Å²) in [5.74, 6) is 5.38. The quantitative estimate of drug-likeness (QED) is 0.363. The molecular weight excluding hydrogens is 444 g/mol. The summed E-state index contributed by atoms with van der Waals surface area (Å²) in [6, 6.07) is 13.2. The summed E-state index contributed by atoms with van der Waals surface area (Å²) in [5.41, 5.74) is 2.92. The standard InChI is InChI=1S/C28H30N2O5/c1-35-28(34)25(18-29-26(32)17-14-22-6-7-22)30-27(33)24-15-12-21(13-16-24)5-3-2-4-20-8-10-23(19-31)11-9-20/h2,4,8-13,15-16,22,25,31H,6-7,14,17-19H2,1H3,(H,29,32)(H,30,33)/b4-2+/t25-/m0/s1. The second-order valence-electron chi connectivity index (χ2n) is 8.42. The van der Waals surface area contributed by atoms with E-state index in [2.05, 4.69) is 22.5 Å². The molecule has 3 rings (SSSR count). The minimum atomic E-state index is -0.978. The van der Waals surface area contributed by atoms with Crippen molar-refractivity contribution in [2.75, 3.05) is 13.7 Å². The number of allylic oxidation sites excluding steroid dienone is 1. The minimum Gasteiger partial charge on any atom is -0.467 e.